The van der Waals surface area contributed by atoms with Crippen molar-refractivity contribution in [1.82, 2.24) is 15.1 Å². The first-order valence-corrected chi connectivity index (χ1v) is 10.1. The Morgan fingerprint density at radius 3 is 2.38 bits per heavy atom. The number of nitrogens with one attached hydrogen (secondary N) is 1. The van der Waals surface area contributed by atoms with Gasteiger partial charge in [0, 0.05) is 48.9 Å². The SMILES string of the molecule is COc1ccccc1CNC(=O)C(C)N1CCN(C(=O)c2ccc(Cl)cc2)CC1. The Hall–Kier alpha value is -2.57. The smallest absolute Gasteiger partial charge is 0.253 e. The van der Waals surface area contributed by atoms with E-state index in [1.165, 1.54) is 0 Å². The van der Waals surface area contributed by atoms with Crippen LogP contribution in [0.2, 0.25) is 5.02 Å². The number of ether oxygens (including phenoxy) is 1. The number of halogens is 1. The molecule has 1 unspecified atom stereocenters. The van der Waals surface area contributed by atoms with Gasteiger partial charge in [0.15, 0.2) is 0 Å². The molecular weight excluding hydrogens is 390 g/mol. The maximum absolute atomic E-state index is 12.6. The summed E-state index contributed by atoms with van der Waals surface area (Å²) >= 11 is 5.89. The van der Waals surface area contributed by atoms with Crippen LogP contribution in [-0.4, -0.2) is 60.9 Å². The maximum Gasteiger partial charge on any atom is 0.253 e. The standard InChI is InChI=1S/C22H26ClN3O3/c1-16(21(27)24-15-18-5-3-4-6-20(18)29-2)25-11-13-26(14-12-25)22(28)17-7-9-19(23)10-8-17/h3-10,16H,11-15H2,1-2H3,(H,24,27). The molecule has 0 bridgehead atoms. The molecule has 2 amide bonds. The van der Waals surface area contributed by atoms with Crippen molar-refractivity contribution < 1.29 is 14.3 Å². The Labute approximate surface area is 176 Å². The monoisotopic (exact) mass is 415 g/mol. The van der Waals surface area contributed by atoms with Crippen LogP contribution < -0.4 is 10.1 Å². The molecule has 1 saturated heterocycles. The molecule has 154 valence electrons. The first-order chi connectivity index (χ1) is 14.0. The first kappa shape index (κ1) is 21.1. The topological polar surface area (TPSA) is 61.9 Å². The van der Waals surface area contributed by atoms with Gasteiger partial charge in [-0.2, -0.15) is 0 Å². The molecule has 2 aromatic rings. The van der Waals surface area contributed by atoms with Crippen molar-refractivity contribution >= 4 is 23.4 Å². The summed E-state index contributed by atoms with van der Waals surface area (Å²) in [6.07, 6.45) is 0. The number of piperazine rings is 1. The Morgan fingerprint density at radius 1 is 1.07 bits per heavy atom. The number of para-hydroxylation sites is 1. The summed E-state index contributed by atoms with van der Waals surface area (Å²) in [5, 5.41) is 3.59. The minimum Gasteiger partial charge on any atom is -0.496 e. The van der Waals surface area contributed by atoms with Gasteiger partial charge in [-0.3, -0.25) is 14.5 Å². The zero-order valence-corrected chi connectivity index (χ0v) is 17.5. The minimum absolute atomic E-state index is 0.00501. The van der Waals surface area contributed by atoms with E-state index in [0.29, 0.717) is 43.3 Å². The van der Waals surface area contributed by atoms with Crippen molar-refractivity contribution in [1.29, 1.82) is 0 Å². The lowest BCUT2D eigenvalue weighted by Crippen LogP contribution is -2.54. The van der Waals surface area contributed by atoms with Gasteiger partial charge < -0.3 is 15.0 Å². The zero-order valence-electron chi connectivity index (χ0n) is 16.7. The lowest BCUT2D eigenvalue weighted by molar-refractivity contribution is -0.126. The van der Waals surface area contributed by atoms with Gasteiger partial charge in [-0.1, -0.05) is 29.8 Å². The van der Waals surface area contributed by atoms with Gasteiger partial charge in [0.2, 0.25) is 5.91 Å². The zero-order chi connectivity index (χ0) is 20.8. The van der Waals surface area contributed by atoms with Crippen molar-refractivity contribution in [3.63, 3.8) is 0 Å². The summed E-state index contributed by atoms with van der Waals surface area (Å²) in [5.74, 6) is 0.720. The van der Waals surface area contributed by atoms with Crippen molar-refractivity contribution in [2.24, 2.45) is 0 Å². The number of amides is 2. The third-order valence-electron chi connectivity index (χ3n) is 5.27. The molecule has 1 heterocycles. The van der Waals surface area contributed by atoms with Crippen LogP contribution in [0.1, 0.15) is 22.8 Å². The lowest BCUT2D eigenvalue weighted by atomic mass is 10.1. The van der Waals surface area contributed by atoms with Crippen LogP contribution >= 0.6 is 11.6 Å². The van der Waals surface area contributed by atoms with E-state index in [1.807, 2.05) is 36.1 Å². The molecular formula is C22H26ClN3O3. The van der Waals surface area contributed by atoms with Gasteiger partial charge in [-0.05, 0) is 37.3 Å². The molecule has 2 aromatic carbocycles. The van der Waals surface area contributed by atoms with Crippen LogP contribution in [0.25, 0.3) is 0 Å². The second-order valence-corrected chi connectivity index (χ2v) is 7.48. The van der Waals surface area contributed by atoms with Crippen LogP contribution in [0.4, 0.5) is 0 Å². The molecule has 0 aliphatic carbocycles. The van der Waals surface area contributed by atoms with Crippen LogP contribution in [0, 0.1) is 0 Å². The number of rotatable bonds is 6. The number of carbonyl (C=O) groups excluding carboxylic acids is 2. The predicted molar refractivity (Wildman–Crippen MR) is 113 cm³/mol. The van der Waals surface area contributed by atoms with E-state index in [-0.39, 0.29) is 17.9 Å². The summed E-state index contributed by atoms with van der Waals surface area (Å²) in [5.41, 5.74) is 1.57. The summed E-state index contributed by atoms with van der Waals surface area (Å²) < 4.78 is 5.33. The van der Waals surface area contributed by atoms with E-state index < -0.39 is 0 Å². The number of benzene rings is 2. The molecule has 1 N–H and O–H groups in total. The van der Waals surface area contributed by atoms with Crippen LogP contribution in [0.3, 0.4) is 0 Å². The third kappa shape index (κ3) is 5.28. The number of methoxy groups -OCH3 is 1. The number of nitrogens with zero attached hydrogens (tertiary/aromatic N) is 2. The first-order valence-electron chi connectivity index (χ1n) is 9.68. The average Bonchev–Trinajstić information content (AvgIpc) is 2.77. The molecule has 1 fully saturated rings. The maximum atomic E-state index is 12.6. The molecule has 6 nitrogen and oxygen atoms in total. The summed E-state index contributed by atoms with van der Waals surface area (Å²) in [7, 11) is 1.62. The van der Waals surface area contributed by atoms with E-state index in [2.05, 4.69) is 10.2 Å². The predicted octanol–water partition coefficient (Wildman–Crippen LogP) is 2.81. The second-order valence-electron chi connectivity index (χ2n) is 7.04. The van der Waals surface area contributed by atoms with Gasteiger partial charge in [0.25, 0.3) is 5.91 Å². The quantitative estimate of drug-likeness (QED) is 0.788. The van der Waals surface area contributed by atoms with E-state index in [0.717, 1.165) is 11.3 Å². The summed E-state index contributed by atoms with van der Waals surface area (Å²) in [6, 6.07) is 14.3. The van der Waals surface area contributed by atoms with E-state index in [9.17, 15) is 9.59 Å². The normalized spacial score (nSPS) is 15.6. The van der Waals surface area contributed by atoms with E-state index in [1.54, 1.807) is 31.4 Å². The fourth-order valence-corrected chi connectivity index (χ4v) is 3.56. The Kier molecular flexibility index (Phi) is 7.12. The molecule has 7 heteroatoms. The van der Waals surface area contributed by atoms with Gasteiger partial charge in [-0.15, -0.1) is 0 Å². The molecule has 0 saturated carbocycles. The lowest BCUT2D eigenvalue weighted by Gasteiger charge is -2.37. The highest BCUT2D eigenvalue weighted by Gasteiger charge is 2.27. The fraction of sp³-hybridized carbons (Fsp3) is 0.364. The Bertz CT molecular complexity index is 849. The van der Waals surface area contributed by atoms with Crippen LogP contribution in [0.15, 0.2) is 48.5 Å². The highest BCUT2D eigenvalue weighted by Crippen LogP contribution is 2.17. The molecule has 29 heavy (non-hydrogen) atoms. The van der Waals surface area contributed by atoms with Gasteiger partial charge in [0.05, 0.1) is 13.2 Å². The molecule has 3 rings (SSSR count). The van der Waals surface area contributed by atoms with Crippen molar-refractivity contribution in [2.75, 3.05) is 33.3 Å². The molecule has 0 radical (unpaired) electrons. The highest BCUT2D eigenvalue weighted by atomic mass is 35.5. The van der Waals surface area contributed by atoms with Crippen molar-refractivity contribution in [3.05, 3.63) is 64.7 Å². The summed E-state index contributed by atoms with van der Waals surface area (Å²) in [6.45, 7) is 4.80. The van der Waals surface area contributed by atoms with E-state index >= 15 is 0 Å². The molecule has 1 aliphatic rings. The van der Waals surface area contributed by atoms with Gasteiger partial charge in [-0.25, -0.2) is 0 Å². The molecule has 1 atom stereocenters. The number of hydrogen-bond acceptors (Lipinski definition) is 4. The largest absolute Gasteiger partial charge is 0.496 e. The second kappa shape index (κ2) is 9.76. The highest BCUT2D eigenvalue weighted by molar-refractivity contribution is 6.30. The van der Waals surface area contributed by atoms with Crippen LogP contribution in [-0.2, 0) is 11.3 Å². The summed E-state index contributed by atoms with van der Waals surface area (Å²) in [4.78, 5) is 29.1. The van der Waals surface area contributed by atoms with Crippen molar-refractivity contribution in [3.8, 4) is 5.75 Å². The Morgan fingerprint density at radius 2 is 1.72 bits per heavy atom. The third-order valence-corrected chi connectivity index (χ3v) is 5.52. The molecule has 0 spiro atoms. The van der Waals surface area contributed by atoms with Crippen molar-refractivity contribution in [2.45, 2.75) is 19.5 Å². The van der Waals surface area contributed by atoms with Gasteiger partial charge in [0.1, 0.15) is 5.75 Å². The Balaban J connectivity index is 1.50. The van der Waals surface area contributed by atoms with Crippen LogP contribution in [0.5, 0.6) is 5.75 Å². The van der Waals surface area contributed by atoms with E-state index in [4.69, 9.17) is 16.3 Å². The average molecular weight is 416 g/mol. The molecule has 1 aliphatic heterocycles. The molecule has 0 aromatic heterocycles. The fourth-order valence-electron chi connectivity index (χ4n) is 3.43. The van der Waals surface area contributed by atoms with Gasteiger partial charge >= 0.3 is 0 Å². The number of hydrogen-bond donors (Lipinski definition) is 1. The number of carbonyl (C=O) groups is 2. The minimum atomic E-state index is -0.266.